The molecule has 0 amide bonds. The van der Waals surface area contributed by atoms with Gasteiger partial charge in [0, 0.05) is 11.1 Å². The van der Waals surface area contributed by atoms with E-state index in [2.05, 4.69) is 41.2 Å². The van der Waals surface area contributed by atoms with E-state index in [1.54, 1.807) is 6.20 Å². The van der Waals surface area contributed by atoms with Crippen molar-refractivity contribution < 1.29 is 0 Å². The van der Waals surface area contributed by atoms with Gasteiger partial charge in [-0.15, -0.1) is 5.10 Å². The number of hydrogen-bond acceptors (Lipinski definition) is 3. The molecule has 4 heteroatoms. The number of nitrogens with one attached hydrogen (secondary N) is 1. The van der Waals surface area contributed by atoms with E-state index in [0.717, 1.165) is 17.1 Å². The Balaban J connectivity index is 2.44. The second-order valence-electron chi connectivity index (χ2n) is 4.53. The molecule has 0 saturated carbocycles. The fourth-order valence-corrected chi connectivity index (χ4v) is 1.32. The molecular formula is C11H14N4. The standard InChI is InChI=1S/C11H14N4/c1-11(2,3)10-6-4-5-8(13-10)9-7-12-15-14-9/h4-7H,1-3H3,(H,12,14,15). The third-order valence-corrected chi connectivity index (χ3v) is 2.21. The average Bonchev–Trinajstić information content (AvgIpc) is 2.69. The number of aromatic nitrogens is 4. The van der Waals surface area contributed by atoms with Gasteiger partial charge in [0.2, 0.25) is 0 Å². The van der Waals surface area contributed by atoms with Gasteiger partial charge < -0.3 is 0 Å². The van der Waals surface area contributed by atoms with Crippen molar-refractivity contribution in [2.75, 3.05) is 0 Å². The maximum absolute atomic E-state index is 4.58. The zero-order valence-electron chi connectivity index (χ0n) is 9.15. The summed E-state index contributed by atoms with van der Waals surface area (Å²) in [6.45, 7) is 6.43. The number of hydrogen-bond donors (Lipinski definition) is 1. The van der Waals surface area contributed by atoms with Gasteiger partial charge in [0.15, 0.2) is 0 Å². The van der Waals surface area contributed by atoms with Crippen molar-refractivity contribution in [2.45, 2.75) is 26.2 Å². The lowest BCUT2D eigenvalue weighted by Gasteiger charge is -2.17. The van der Waals surface area contributed by atoms with E-state index in [0.29, 0.717) is 0 Å². The number of H-pyrrole nitrogens is 1. The lowest BCUT2D eigenvalue weighted by molar-refractivity contribution is 0.569. The Morgan fingerprint density at radius 1 is 1.20 bits per heavy atom. The highest BCUT2D eigenvalue weighted by Gasteiger charge is 2.15. The van der Waals surface area contributed by atoms with Crippen LogP contribution >= 0.6 is 0 Å². The van der Waals surface area contributed by atoms with Crippen molar-refractivity contribution in [3.8, 4) is 11.4 Å². The predicted molar refractivity (Wildman–Crippen MR) is 58.3 cm³/mol. The van der Waals surface area contributed by atoms with Gasteiger partial charge in [0.25, 0.3) is 0 Å². The van der Waals surface area contributed by atoms with Crippen LogP contribution in [0.5, 0.6) is 0 Å². The summed E-state index contributed by atoms with van der Waals surface area (Å²) in [6, 6.07) is 5.99. The van der Waals surface area contributed by atoms with Crippen LogP contribution in [0.4, 0.5) is 0 Å². The van der Waals surface area contributed by atoms with Crippen molar-refractivity contribution in [3.05, 3.63) is 30.1 Å². The Labute approximate surface area is 88.8 Å². The molecule has 2 aromatic heterocycles. The Morgan fingerprint density at radius 3 is 2.60 bits per heavy atom. The largest absolute Gasteiger partial charge is 0.256 e. The summed E-state index contributed by atoms with van der Waals surface area (Å²) >= 11 is 0. The van der Waals surface area contributed by atoms with Gasteiger partial charge in [-0.2, -0.15) is 0 Å². The number of aromatic amines is 1. The summed E-state index contributed by atoms with van der Waals surface area (Å²) in [6.07, 6.45) is 1.68. The van der Waals surface area contributed by atoms with Crippen LogP contribution in [0.3, 0.4) is 0 Å². The van der Waals surface area contributed by atoms with Crippen molar-refractivity contribution in [3.63, 3.8) is 0 Å². The van der Waals surface area contributed by atoms with Crippen molar-refractivity contribution in [1.29, 1.82) is 0 Å². The highest BCUT2D eigenvalue weighted by Crippen LogP contribution is 2.22. The maximum atomic E-state index is 4.58. The highest BCUT2D eigenvalue weighted by atomic mass is 15.3. The molecule has 78 valence electrons. The quantitative estimate of drug-likeness (QED) is 0.771. The molecule has 0 unspecified atom stereocenters. The lowest BCUT2D eigenvalue weighted by Crippen LogP contribution is -2.13. The molecule has 0 aliphatic carbocycles. The summed E-state index contributed by atoms with van der Waals surface area (Å²) in [5, 5.41) is 10.2. The first-order valence-corrected chi connectivity index (χ1v) is 4.91. The smallest absolute Gasteiger partial charge is 0.104 e. The molecular weight excluding hydrogens is 188 g/mol. The van der Waals surface area contributed by atoms with Crippen molar-refractivity contribution in [1.82, 2.24) is 20.4 Å². The van der Waals surface area contributed by atoms with Crippen molar-refractivity contribution >= 4 is 0 Å². The van der Waals surface area contributed by atoms with E-state index in [4.69, 9.17) is 0 Å². The number of nitrogens with zero attached hydrogens (tertiary/aromatic N) is 3. The predicted octanol–water partition coefficient (Wildman–Crippen LogP) is 2.16. The third-order valence-electron chi connectivity index (χ3n) is 2.21. The Kier molecular flexibility index (Phi) is 2.26. The second-order valence-corrected chi connectivity index (χ2v) is 4.53. The molecule has 0 spiro atoms. The Morgan fingerprint density at radius 2 is 2.00 bits per heavy atom. The topological polar surface area (TPSA) is 54.5 Å². The normalized spacial score (nSPS) is 11.7. The van der Waals surface area contributed by atoms with Gasteiger partial charge in [0.05, 0.1) is 11.9 Å². The average molecular weight is 202 g/mol. The number of rotatable bonds is 1. The van der Waals surface area contributed by atoms with E-state index < -0.39 is 0 Å². The molecule has 0 atom stereocenters. The summed E-state index contributed by atoms with van der Waals surface area (Å²) in [5.41, 5.74) is 2.85. The zero-order valence-corrected chi connectivity index (χ0v) is 9.15. The molecule has 0 bridgehead atoms. The molecule has 1 N–H and O–H groups in total. The van der Waals surface area contributed by atoms with E-state index in [-0.39, 0.29) is 5.41 Å². The molecule has 2 heterocycles. The first kappa shape index (κ1) is 9.83. The fraction of sp³-hybridized carbons (Fsp3) is 0.364. The van der Waals surface area contributed by atoms with Crippen LogP contribution in [0.15, 0.2) is 24.4 Å². The minimum Gasteiger partial charge on any atom is -0.256 e. The Bertz CT molecular complexity index is 440. The summed E-state index contributed by atoms with van der Waals surface area (Å²) < 4.78 is 0. The van der Waals surface area contributed by atoms with Gasteiger partial charge in [-0.25, -0.2) is 0 Å². The summed E-state index contributed by atoms with van der Waals surface area (Å²) in [7, 11) is 0. The molecule has 0 aromatic carbocycles. The maximum Gasteiger partial charge on any atom is 0.104 e. The monoisotopic (exact) mass is 202 g/mol. The Hall–Kier alpha value is -1.71. The molecule has 0 aliphatic rings. The minimum absolute atomic E-state index is 0.0590. The molecule has 2 rings (SSSR count). The van der Waals surface area contributed by atoms with Gasteiger partial charge >= 0.3 is 0 Å². The van der Waals surface area contributed by atoms with Gasteiger partial charge in [-0.05, 0) is 12.1 Å². The first-order chi connectivity index (χ1) is 7.07. The SMILES string of the molecule is CC(C)(C)c1cccc(-c2cnn[nH]2)n1. The molecule has 0 radical (unpaired) electrons. The highest BCUT2D eigenvalue weighted by molar-refractivity contribution is 5.52. The van der Waals surface area contributed by atoms with Gasteiger partial charge in [-0.1, -0.05) is 32.1 Å². The fourth-order valence-electron chi connectivity index (χ4n) is 1.32. The van der Waals surface area contributed by atoms with Crippen LogP contribution in [0.2, 0.25) is 0 Å². The summed E-state index contributed by atoms with van der Waals surface area (Å²) in [4.78, 5) is 4.58. The first-order valence-electron chi connectivity index (χ1n) is 4.91. The number of pyridine rings is 1. The lowest BCUT2D eigenvalue weighted by atomic mass is 9.91. The van der Waals surface area contributed by atoms with Crippen LogP contribution in [-0.4, -0.2) is 20.4 Å². The van der Waals surface area contributed by atoms with Crippen LogP contribution in [0.25, 0.3) is 11.4 Å². The van der Waals surface area contributed by atoms with Gasteiger partial charge in [-0.3, -0.25) is 10.1 Å². The molecule has 15 heavy (non-hydrogen) atoms. The molecule has 4 nitrogen and oxygen atoms in total. The van der Waals surface area contributed by atoms with Crippen molar-refractivity contribution in [2.24, 2.45) is 0 Å². The van der Waals surface area contributed by atoms with Crippen LogP contribution in [-0.2, 0) is 5.41 Å². The van der Waals surface area contributed by atoms with E-state index in [1.165, 1.54) is 0 Å². The molecule has 0 saturated heterocycles. The van der Waals surface area contributed by atoms with Gasteiger partial charge in [0.1, 0.15) is 5.69 Å². The molecule has 0 fully saturated rings. The summed E-state index contributed by atoms with van der Waals surface area (Å²) in [5.74, 6) is 0. The molecule has 0 aliphatic heterocycles. The van der Waals surface area contributed by atoms with Crippen LogP contribution in [0.1, 0.15) is 26.5 Å². The van der Waals surface area contributed by atoms with E-state index in [9.17, 15) is 0 Å². The zero-order chi connectivity index (χ0) is 10.9. The second kappa shape index (κ2) is 3.46. The van der Waals surface area contributed by atoms with Crippen LogP contribution < -0.4 is 0 Å². The molecule has 2 aromatic rings. The van der Waals surface area contributed by atoms with E-state index >= 15 is 0 Å². The third kappa shape index (κ3) is 2.03. The van der Waals surface area contributed by atoms with E-state index in [1.807, 2.05) is 18.2 Å². The minimum atomic E-state index is 0.0590. The van der Waals surface area contributed by atoms with Crippen LogP contribution in [0, 0.1) is 0 Å².